The third-order valence-corrected chi connectivity index (χ3v) is 4.02. The van der Waals surface area contributed by atoms with Crippen molar-refractivity contribution in [3.63, 3.8) is 0 Å². The van der Waals surface area contributed by atoms with Crippen LogP contribution in [0.3, 0.4) is 0 Å². The number of amides is 1. The second kappa shape index (κ2) is 6.50. The van der Waals surface area contributed by atoms with Crippen molar-refractivity contribution in [2.24, 2.45) is 11.7 Å². The molecule has 1 aliphatic heterocycles. The normalized spacial score (nSPS) is 18.6. The fourth-order valence-electron chi connectivity index (χ4n) is 2.87. The maximum Gasteiger partial charge on any atom is 0.289 e. The number of furan rings is 1. The van der Waals surface area contributed by atoms with Crippen molar-refractivity contribution < 1.29 is 9.21 Å². The molecule has 0 radical (unpaired) electrons. The second-order valence-electron chi connectivity index (χ2n) is 5.65. The van der Waals surface area contributed by atoms with Gasteiger partial charge in [0.2, 0.25) is 0 Å². The molecule has 1 saturated heterocycles. The molecule has 0 saturated carbocycles. The Labute approximate surface area is 130 Å². The lowest BCUT2D eigenvalue weighted by atomic mass is 9.98. The van der Waals surface area contributed by atoms with Crippen LogP contribution in [0.15, 0.2) is 28.7 Å². The molecule has 1 atom stereocenters. The summed E-state index contributed by atoms with van der Waals surface area (Å²) in [5, 5.41) is 0.987. The molecule has 0 spiro atoms. The lowest BCUT2D eigenvalue weighted by molar-refractivity contribution is 0.0648. The summed E-state index contributed by atoms with van der Waals surface area (Å²) in [6.45, 7) is 4.21. The van der Waals surface area contributed by atoms with E-state index in [0.717, 1.165) is 36.9 Å². The SMILES string of the molecule is Cc1ccc2oc(C(=O)N3CCCC(CN)C3)cc2c1.Cl. The molecular formula is C16H21ClN2O2. The smallest absolute Gasteiger partial charge is 0.289 e. The van der Waals surface area contributed by atoms with E-state index in [1.165, 1.54) is 5.56 Å². The molecule has 1 aromatic heterocycles. The number of carbonyl (C=O) groups excluding carboxylic acids is 1. The number of nitrogens with zero attached hydrogens (tertiary/aromatic N) is 1. The average Bonchev–Trinajstić information content (AvgIpc) is 2.89. The van der Waals surface area contributed by atoms with Gasteiger partial charge in [-0.15, -0.1) is 12.4 Å². The molecule has 2 heterocycles. The standard InChI is InChI=1S/C16H20N2O2.ClH/c1-11-4-5-14-13(7-11)8-15(20-14)16(19)18-6-2-3-12(9-17)10-18;/h4-5,7-8,12H,2-3,6,9-10,17H2,1H3;1H. The van der Waals surface area contributed by atoms with Gasteiger partial charge in [0.15, 0.2) is 5.76 Å². The molecule has 1 aromatic carbocycles. The van der Waals surface area contributed by atoms with E-state index in [-0.39, 0.29) is 18.3 Å². The summed E-state index contributed by atoms with van der Waals surface area (Å²) in [5.41, 5.74) is 7.66. The molecule has 2 aromatic rings. The number of hydrogen-bond donors (Lipinski definition) is 1. The zero-order valence-corrected chi connectivity index (χ0v) is 13.0. The zero-order valence-electron chi connectivity index (χ0n) is 12.2. The van der Waals surface area contributed by atoms with Gasteiger partial charge < -0.3 is 15.1 Å². The van der Waals surface area contributed by atoms with E-state index >= 15 is 0 Å². The molecule has 1 unspecified atom stereocenters. The first kappa shape index (κ1) is 15.9. The number of carbonyl (C=O) groups is 1. The third-order valence-electron chi connectivity index (χ3n) is 4.02. The quantitative estimate of drug-likeness (QED) is 0.928. The lowest BCUT2D eigenvalue weighted by Crippen LogP contribution is -2.41. The minimum absolute atomic E-state index is 0. The maximum atomic E-state index is 12.5. The fourth-order valence-corrected chi connectivity index (χ4v) is 2.87. The highest BCUT2D eigenvalue weighted by atomic mass is 35.5. The Kier molecular flexibility index (Phi) is 4.91. The van der Waals surface area contributed by atoms with Crippen molar-refractivity contribution in [3.05, 3.63) is 35.6 Å². The van der Waals surface area contributed by atoms with Gasteiger partial charge in [-0.1, -0.05) is 11.6 Å². The van der Waals surface area contributed by atoms with Gasteiger partial charge in [0.05, 0.1) is 0 Å². The largest absolute Gasteiger partial charge is 0.451 e. The summed E-state index contributed by atoms with van der Waals surface area (Å²) in [6.07, 6.45) is 2.13. The third kappa shape index (κ3) is 3.22. The average molecular weight is 309 g/mol. The highest BCUT2D eigenvalue weighted by Gasteiger charge is 2.25. The predicted molar refractivity (Wildman–Crippen MR) is 85.9 cm³/mol. The van der Waals surface area contributed by atoms with Gasteiger partial charge in [0.1, 0.15) is 5.58 Å². The molecule has 0 bridgehead atoms. The van der Waals surface area contributed by atoms with Crippen LogP contribution in [0.2, 0.25) is 0 Å². The fraction of sp³-hybridized carbons (Fsp3) is 0.438. The van der Waals surface area contributed by atoms with E-state index in [0.29, 0.717) is 18.2 Å². The van der Waals surface area contributed by atoms with Crippen LogP contribution in [0.25, 0.3) is 11.0 Å². The minimum Gasteiger partial charge on any atom is -0.451 e. The van der Waals surface area contributed by atoms with Crippen LogP contribution >= 0.6 is 12.4 Å². The summed E-state index contributed by atoms with van der Waals surface area (Å²) in [4.78, 5) is 14.4. The molecule has 114 valence electrons. The number of halogens is 1. The van der Waals surface area contributed by atoms with Crippen LogP contribution in [-0.2, 0) is 0 Å². The summed E-state index contributed by atoms with van der Waals surface area (Å²) in [7, 11) is 0. The van der Waals surface area contributed by atoms with Gasteiger partial charge in [0.25, 0.3) is 5.91 Å². The maximum absolute atomic E-state index is 12.5. The van der Waals surface area contributed by atoms with Crippen LogP contribution in [0.5, 0.6) is 0 Å². The molecule has 1 amide bonds. The van der Waals surface area contributed by atoms with Gasteiger partial charge in [-0.25, -0.2) is 0 Å². The first-order valence-electron chi connectivity index (χ1n) is 7.17. The lowest BCUT2D eigenvalue weighted by Gasteiger charge is -2.31. The molecule has 3 rings (SSSR count). The number of piperidine rings is 1. The van der Waals surface area contributed by atoms with Crippen molar-refractivity contribution in [1.82, 2.24) is 4.90 Å². The van der Waals surface area contributed by atoms with E-state index in [1.54, 1.807) is 0 Å². The number of nitrogens with two attached hydrogens (primary N) is 1. The Hall–Kier alpha value is -1.52. The van der Waals surface area contributed by atoms with E-state index in [9.17, 15) is 4.79 Å². The second-order valence-corrected chi connectivity index (χ2v) is 5.65. The topological polar surface area (TPSA) is 59.5 Å². The van der Waals surface area contributed by atoms with Gasteiger partial charge in [-0.2, -0.15) is 0 Å². The molecule has 1 fully saturated rings. The highest BCUT2D eigenvalue weighted by Crippen LogP contribution is 2.23. The van der Waals surface area contributed by atoms with Gasteiger partial charge in [0, 0.05) is 18.5 Å². The summed E-state index contributed by atoms with van der Waals surface area (Å²) in [6, 6.07) is 7.79. The minimum atomic E-state index is -0.0167. The molecule has 5 heteroatoms. The van der Waals surface area contributed by atoms with E-state index in [4.69, 9.17) is 10.2 Å². The Bertz CT molecular complexity index is 638. The van der Waals surface area contributed by atoms with Crippen molar-refractivity contribution >= 4 is 29.3 Å². The van der Waals surface area contributed by atoms with Crippen LogP contribution in [0.4, 0.5) is 0 Å². The number of rotatable bonds is 2. The number of benzene rings is 1. The summed E-state index contributed by atoms with van der Waals surface area (Å²) in [5.74, 6) is 0.833. The van der Waals surface area contributed by atoms with Crippen LogP contribution in [-0.4, -0.2) is 30.4 Å². The Balaban J connectivity index is 0.00000161. The van der Waals surface area contributed by atoms with Gasteiger partial charge in [-0.05, 0) is 50.4 Å². The van der Waals surface area contributed by atoms with Crippen molar-refractivity contribution in [2.45, 2.75) is 19.8 Å². The number of hydrogen-bond acceptors (Lipinski definition) is 3. The number of likely N-dealkylation sites (tertiary alicyclic amines) is 1. The Morgan fingerprint density at radius 3 is 3.00 bits per heavy atom. The first-order chi connectivity index (χ1) is 9.67. The predicted octanol–water partition coefficient (Wildman–Crippen LogP) is 2.97. The van der Waals surface area contributed by atoms with E-state index in [1.807, 2.05) is 36.1 Å². The number of fused-ring (bicyclic) bond motifs is 1. The van der Waals surface area contributed by atoms with Gasteiger partial charge >= 0.3 is 0 Å². The van der Waals surface area contributed by atoms with Crippen molar-refractivity contribution in [1.29, 1.82) is 0 Å². The van der Waals surface area contributed by atoms with E-state index in [2.05, 4.69) is 0 Å². The molecule has 1 aliphatic rings. The highest BCUT2D eigenvalue weighted by molar-refractivity contribution is 5.96. The summed E-state index contributed by atoms with van der Waals surface area (Å²) >= 11 is 0. The van der Waals surface area contributed by atoms with Crippen LogP contribution < -0.4 is 5.73 Å². The van der Waals surface area contributed by atoms with Crippen molar-refractivity contribution in [2.75, 3.05) is 19.6 Å². The summed E-state index contributed by atoms with van der Waals surface area (Å²) < 4.78 is 5.68. The first-order valence-corrected chi connectivity index (χ1v) is 7.17. The molecule has 2 N–H and O–H groups in total. The van der Waals surface area contributed by atoms with Crippen LogP contribution in [0, 0.1) is 12.8 Å². The molecule has 0 aliphatic carbocycles. The van der Waals surface area contributed by atoms with Crippen molar-refractivity contribution in [3.8, 4) is 0 Å². The van der Waals surface area contributed by atoms with E-state index < -0.39 is 0 Å². The monoisotopic (exact) mass is 308 g/mol. The zero-order chi connectivity index (χ0) is 14.1. The molecular weight excluding hydrogens is 288 g/mol. The van der Waals surface area contributed by atoms with Crippen LogP contribution in [0.1, 0.15) is 29.0 Å². The van der Waals surface area contributed by atoms with Gasteiger partial charge in [-0.3, -0.25) is 4.79 Å². The number of aryl methyl sites for hydroxylation is 1. The Morgan fingerprint density at radius 1 is 1.43 bits per heavy atom. The Morgan fingerprint density at radius 2 is 2.24 bits per heavy atom. The molecule has 4 nitrogen and oxygen atoms in total. The molecule has 21 heavy (non-hydrogen) atoms.